The van der Waals surface area contributed by atoms with Gasteiger partial charge in [-0.2, -0.15) is 0 Å². The molecule has 0 saturated carbocycles. The quantitative estimate of drug-likeness (QED) is 0.795. The van der Waals surface area contributed by atoms with E-state index in [9.17, 15) is 0 Å². The first-order valence-corrected chi connectivity index (χ1v) is 5.00. The van der Waals surface area contributed by atoms with E-state index in [4.69, 9.17) is 9.57 Å². The first-order chi connectivity index (χ1) is 7.88. The summed E-state index contributed by atoms with van der Waals surface area (Å²) < 4.78 is 5.06. The standard InChI is InChI=1S/C13H13NO2/c1-15-12-9-7-11(8-10-12)14-16-13-5-3-2-4-6-13/h2-10,14H,1H3. The van der Waals surface area contributed by atoms with Crippen LogP contribution in [0.1, 0.15) is 0 Å². The van der Waals surface area contributed by atoms with E-state index < -0.39 is 0 Å². The lowest BCUT2D eigenvalue weighted by Crippen LogP contribution is -2.03. The molecule has 0 aliphatic carbocycles. The molecule has 2 rings (SSSR count). The molecule has 0 aliphatic heterocycles. The van der Waals surface area contributed by atoms with Crippen LogP contribution in [0.2, 0.25) is 0 Å². The molecule has 1 N–H and O–H groups in total. The molecule has 2 aromatic rings. The van der Waals surface area contributed by atoms with Crippen molar-refractivity contribution in [3.8, 4) is 11.5 Å². The van der Waals surface area contributed by atoms with Crippen molar-refractivity contribution in [1.29, 1.82) is 0 Å². The molecule has 3 heteroatoms. The Labute approximate surface area is 94.6 Å². The fourth-order valence-electron chi connectivity index (χ4n) is 1.27. The van der Waals surface area contributed by atoms with Crippen molar-refractivity contribution in [2.45, 2.75) is 0 Å². The second-order valence-corrected chi connectivity index (χ2v) is 3.25. The van der Waals surface area contributed by atoms with Gasteiger partial charge < -0.3 is 9.57 Å². The Bertz CT molecular complexity index is 425. The van der Waals surface area contributed by atoms with Crippen molar-refractivity contribution in [3.05, 3.63) is 54.6 Å². The Morgan fingerprint density at radius 2 is 1.50 bits per heavy atom. The smallest absolute Gasteiger partial charge is 0.155 e. The Balaban J connectivity index is 1.94. The molecular formula is C13H13NO2. The van der Waals surface area contributed by atoms with Gasteiger partial charge in [-0.25, -0.2) is 5.48 Å². The summed E-state index contributed by atoms with van der Waals surface area (Å²) in [5.41, 5.74) is 3.74. The van der Waals surface area contributed by atoms with Gasteiger partial charge in [0.15, 0.2) is 5.75 Å². The normalized spacial score (nSPS) is 9.56. The SMILES string of the molecule is COc1ccc(NOc2ccccc2)cc1. The summed E-state index contributed by atoms with van der Waals surface area (Å²) in [7, 11) is 1.64. The van der Waals surface area contributed by atoms with E-state index in [0.29, 0.717) is 0 Å². The predicted octanol–water partition coefficient (Wildman–Crippen LogP) is 3.10. The number of rotatable bonds is 4. The molecule has 82 valence electrons. The van der Waals surface area contributed by atoms with E-state index in [1.807, 2.05) is 54.6 Å². The lowest BCUT2D eigenvalue weighted by Gasteiger charge is -2.08. The number of benzene rings is 2. The molecule has 0 heterocycles. The van der Waals surface area contributed by atoms with Gasteiger partial charge in [0.1, 0.15) is 5.75 Å². The van der Waals surface area contributed by atoms with E-state index in [-0.39, 0.29) is 0 Å². The van der Waals surface area contributed by atoms with E-state index >= 15 is 0 Å². The van der Waals surface area contributed by atoms with Crippen LogP contribution in [0.25, 0.3) is 0 Å². The third-order valence-electron chi connectivity index (χ3n) is 2.12. The van der Waals surface area contributed by atoms with Crippen LogP contribution in [-0.4, -0.2) is 7.11 Å². The van der Waals surface area contributed by atoms with E-state index in [1.54, 1.807) is 7.11 Å². The molecule has 0 unspecified atom stereocenters. The molecule has 0 bridgehead atoms. The molecule has 0 spiro atoms. The molecule has 2 aromatic carbocycles. The van der Waals surface area contributed by atoms with Gasteiger partial charge in [-0.3, -0.25) is 0 Å². The molecule has 0 saturated heterocycles. The number of nitrogens with one attached hydrogen (secondary N) is 1. The van der Waals surface area contributed by atoms with Crippen LogP contribution in [0.15, 0.2) is 54.6 Å². The largest absolute Gasteiger partial charge is 0.497 e. The topological polar surface area (TPSA) is 30.5 Å². The fraction of sp³-hybridized carbons (Fsp3) is 0.0769. The highest BCUT2D eigenvalue weighted by atomic mass is 16.6. The lowest BCUT2D eigenvalue weighted by molar-refractivity contribution is 0.403. The molecule has 0 aliphatic rings. The number of hydrogen-bond donors (Lipinski definition) is 1. The number of anilines is 1. The van der Waals surface area contributed by atoms with Crippen LogP contribution in [0, 0.1) is 0 Å². The number of methoxy groups -OCH3 is 1. The second kappa shape index (κ2) is 5.07. The Morgan fingerprint density at radius 3 is 2.12 bits per heavy atom. The van der Waals surface area contributed by atoms with E-state index in [0.717, 1.165) is 17.2 Å². The molecule has 16 heavy (non-hydrogen) atoms. The molecule has 3 nitrogen and oxygen atoms in total. The van der Waals surface area contributed by atoms with Gasteiger partial charge in [-0.15, -0.1) is 0 Å². The average molecular weight is 215 g/mol. The van der Waals surface area contributed by atoms with Gasteiger partial charge in [-0.05, 0) is 36.4 Å². The highest BCUT2D eigenvalue weighted by Gasteiger charge is 1.94. The van der Waals surface area contributed by atoms with Crippen molar-refractivity contribution in [1.82, 2.24) is 0 Å². The summed E-state index contributed by atoms with van der Waals surface area (Å²) in [6, 6.07) is 17.1. The third-order valence-corrected chi connectivity index (χ3v) is 2.12. The maximum atomic E-state index is 5.37. The third kappa shape index (κ3) is 2.67. The van der Waals surface area contributed by atoms with Gasteiger partial charge in [-0.1, -0.05) is 18.2 Å². The molecule has 0 fully saturated rings. The summed E-state index contributed by atoms with van der Waals surface area (Å²) in [6.07, 6.45) is 0. The first kappa shape index (κ1) is 10.4. The van der Waals surface area contributed by atoms with Gasteiger partial charge >= 0.3 is 0 Å². The molecule has 0 atom stereocenters. The van der Waals surface area contributed by atoms with Crippen molar-refractivity contribution < 1.29 is 9.57 Å². The van der Waals surface area contributed by atoms with Gasteiger partial charge in [0.2, 0.25) is 0 Å². The first-order valence-electron chi connectivity index (χ1n) is 5.00. The maximum Gasteiger partial charge on any atom is 0.155 e. The number of para-hydroxylation sites is 1. The van der Waals surface area contributed by atoms with Gasteiger partial charge in [0, 0.05) is 0 Å². The van der Waals surface area contributed by atoms with Crippen LogP contribution in [0.5, 0.6) is 11.5 Å². The van der Waals surface area contributed by atoms with Crippen LogP contribution in [0.3, 0.4) is 0 Å². The predicted molar refractivity (Wildman–Crippen MR) is 63.7 cm³/mol. The van der Waals surface area contributed by atoms with E-state index in [1.165, 1.54) is 0 Å². The Morgan fingerprint density at radius 1 is 0.812 bits per heavy atom. The summed E-state index contributed by atoms with van der Waals surface area (Å²) >= 11 is 0. The minimum Gasteiger partial charge on any atom is -0.497 e. The van der Waals surface area contributed by atoms with Gasteiger partial charge in [0.25, 0.3) is 0 Å². The van der Waals surface area contributed by atoms with Crippen molar-refractivity contribution in [2.75, 3.05) is 12.6 Å². The summed E-state index contributed by atoms with van der Waals surface area (Å²) in [5.74, 6) is 1.60. The molecule has 0 aromatic heterocycles. The van der Waals surface area contributed by atoms with Crippen LogP contribution >= 0.6 is 0 Å². The Hall–Kier alpha value is -2.16. The van der Waals surface area contributed by atoms with Crippen LogP contribution in [-0.2, 0) is 0 Å². The minimum atomic E-state index is 0.776. The highest BCUT2D eigenvalue weighted by Crippen LogP contribution is 2.16. The average Bonchev–Trinajstić information content (AvgIpc) is 2.38. The summed E-state index contributed by atoms with van der Waals surface area (Å²) in [4.78, 5) is 5.37. The zero-order chi connectivity index (χ0) is 11.2. The zero-order valence-corrected chi connectivity index (χ0v) is 9.01. The highest BCUT2D eigenvalue weighted by molar-refractivity contribution is 5.45. The van der Waals surface area contributed by atoms with Crippen molar-refractivity contribution in [2.24, 2.45) is 0 Å². The second-order valence-electron chi connectivity index (χ2n) is 3.25. The Kier molecular flexibility index (Phi) is 3.28. The molecular weight excluding hydrogens is 202 g/mol. The molecule has 0 radical (unpaired) electrons. The van der Waals surface area contributed by atoms with Crippen LogP contribution < -0.4 is 15.1 Å². The van der Waals surface area contributed by atoms with Gasteiger partial charge in [0.05, 0.1) is 12.8 Å². The number of ether oxygens (including phenoxy) is 1. The van der Waals surface area contributed by atoms with Crippen molar-refractivity contribution in [3.63, 3.8) is 0 Å². The van der Waals surface area contributed by atoms with Crippen molar-refractivity contribution >= 4 is 5.69 Å². The van der Waals surface area contributed by atoms with E-state index in [2.05, 4.69) is 5.48 Å². The zero-order valence-electron chi connectivity index (χ0n) is 9.01. The summed E-state index contributed by atoms with van der Waals surface area (Å²) in [6.45, 7) is 0. The monoisotopic (exact) mass is 215 g/mol. The maximum absolute atomic E-state index is 5.37. The minimum absolute atomic E-state index is 0.776. The summed E-state index contributed by atoms with van der Waals surface area (Å²) in [5, 5.41) is 0. The fourth-order valence-corrected chi connectivity index (χ4v) is 1.27. The lowest BCUT2D eigenvalue weighted by atomic mass is 10.3. The molecule has 0 amide bonds. The van der Waals surface area contributed by atoms with Crippen LogP contribution in [0.4, 0.5) is 5.69 Å². The number of hydrogen-bond acceptors (Lipinski definition) is 3.